The Kier molecular flexibility index (Phi) is 5.86. The largest absolute Gasteiger partial charge is 0.478 e. The first kappa shape index (κ1) is 19.0. The number of rotatable bonds is 6. The van der Waals surface area contributed by atoms with Crippen LogP contribution in [0.5, 0.6) is 0 Å². The van der Waals surface area contributed by atoms with Crippen LogP contribution in [0, 0.1) is 5.82 Å². The molecule has 27 heavy (non-hydrogen) atoms. The third-order valence-electron chi connectivity index (χ3n) is 5.08. The molecule has 0 bridgehead atoms. The smallest absolute Gasteiger partial charge is 0.335 e. The van der Waals surface area contributed by atoms with Crippen molar-refractivity contribution in [1.29, 1.82) is 0 Å². The minimum Gasteiger partial charge on any atom is -0.478 e. The average molecular weight is 371 g/mol. The van der Waals surface area contributed by atoms with Crippen molar-refractivity contribution in [1.82, 2.24) is 5.32 Å². The molecule has 0 radical (unpaired) electrons. The summed E-state index contributed by atoms with van der Waals surface area (Å²) in [5, 5.41) is 11.9. The Morgan fingerprint density at radius 1 is 1.04 bits per heavy atom. The fourth-order valence-corrected chi connectivity index (χ4v) is 3.44. The van der Waals surface area contributed by atoms with Crippen LogP contribution in [0.15, 0.2) is 48.5 Å². The first-order chi connectivity index (χ1) is 13.0. The van der Waals surface area contributed by atoms with Gasteiger partial charge in [-0.2, -0.15) is 0 Å². The predicted molar refractivity (Wildman–Crippen MR) is 98.2 cm³/mol. The van der Waals surface area contributed by atoms with E-state index in [-0.39, 0.29) is 17.3 Å². The fourth-order valence-electron chi connectivity index (χ4n) is 3.44. The Morgan fingerprint density at radius 2 is 1.67 bits per heavy atom. The van der Waals surface area contributed by atoms with E-state index in [1.165, 1.54) is 12.1 Å². The Balaban J connectivity index is 1.66. The van der Waals surface area contributed by atoms with Crippen molar-refractivity contribution >= 4 is 11.9 Å². The third-order valence-corrected chi connectivity index (χ3v) is 5.08. The van der Waals surface area contributed by atoms with Crippen LogP contribution in [-0.4, -0.2) is 36.7 Å². The van der Waals surface area contributed by atoms with Crippen LogP contribution < -0.4 is 5.32 Å². The fraction of sp³-hybridized carbons (Fsp3) is 0.333. The molecule has 0 unspecified atom stereocenters. The summed E-state index contributed by atoms with van der Waals surface area (Å²) >= 11 is 0. The zero-order valence-electron chi connectivity index (χ0n) is 14.9. The molecule has 3 rings (SSSR count). The molecule has 0 aliphatic carbocycles. The van der Waals surface area contributed by atoms with E-state index in [4.69, 9.17) is 9.84 Å². The second kappa shape index (κ2) is 8.31. The Bertz CT molecular complexity index is 796. The van der Waals surface area contributed by atoms with Crippen molar-refractivity contribution in [3.05, 3.63) is 71.0 Å². The van der Waals surface area contributed by atoms with Gasteiger partial charge in [0.05, 0.1) is 11.0 Å². The molecular weight excluding hydrogens is 349 g/mol. The van der Waals surface area contributed by atoms with E-state index in [1.807, 2.05) is 0 Å². The van der Waals surface area contributed by atoms with E-state index in [0.717, 1.165) is 11.1 Å². The van der Waals surface area contributed by atoms with Crippen LogP contribution >= 0.6 is 0 Å². The highest BCUT2D eigenvalue weighted by atomic mass is 19.1. The molecule has 0 aromatic heterocycles. The number of ether oxygens (including phenoxy) is 1. The molecule has 0 spiro atoms. The molecule has 5 nitrogen and oxygen atoms in total. The van der Waals surface area contributed by atoms with Gasteiger partial charge in [0.15, 0.2) is 0 Å². The van der Waals surface area contributed by atoms with Crippen molar-refractivity contribution in [2.45, 2.75) is 24.7 Å². The van der Waals surface area contributed by atoms with Gasteiger partial charge in [0.2, 0.25) is 5.91 Å². The number of carboxylic acids is 1. The SMILES string of the molecule is O=C(O)c1ccc(CCNC(=O)C2(c3ccc(F)cc3)CCOCC2)cc1. The summed E-state index contributed by atoms with van der Waals surface area (Å²) < 4.78 is 18.7. The van der Waals surface area contributed by atoms with Crippen LogP contribution in [-0.2, 0) is 21.4 Å². The Hall–Kier alpha value is -2.73. The van der Waals surface area contributed by atoms with Gasteiger partial charge in [-0.1, -0.05) is 24.3 Å². The Labute approximate surface area is 157 Å². The lowest BCUT2D eigenvalue weighted by atomic mass is 9.73. The number of carbonyl (C=O) groups is 2. The van der Waals surface area contributed by atoms with Crippen LogP contribution in [0.1, 0.15) is 34.3 Å². The molecule has 2 aromatic carbocycles. The zero-order chi connectivity index (χ0) is 19.3. The maximum atomic E-state index is 13.3. The molecule has 0 atom stereocenters. The number of carbonyl (C=O) groups excluding carboxylic acids is 1. The maximum absolute atomic E-state index is 13.3. The number of benzene rings is 2. The second-order valence-corrected chi connectivity index (χ2v) is 6.71. The van der Waals surface area contributed by atoms with E-state index < -0.39 is 11.4 Å². The molecule has 142 valence electrons. The van der Waals surface area contributed by atoms with Crippen LogP contribution in [0.3, 0.4) is 0 Å². The van der Waals surface area contributed by atoms with E-state index >= 15 is 0 Å². The first-order valence-corrected chi connectivity index (χ1v) is 8.96. The number of carboxylic acid groups (broad SMARTS) is 1. The molecule has 2 aromatic rings. The molecule has 1 heterocycles. The molecule has 1 saturated heterocycles. The van der Waals surface area contributed by atoms with Gasteiger partial charge in [-0.3, -0.25) is 4.79 Å². The standard InChI is InChI=1S/C21H22FNO4/c22-18-7-5-17(6-8-18)21(10-13-27-14-11-21)20(26)23-12-9-15-1-3-16(4-2-15)19(24)25/h1-8H,9-14H2,(H,23,26)(H,24,25). The molecule has 1 aliphatic heterocycles. The first-order valence-electron chi connectivity index (χ1n) is 8.96. The highest BCUT2D eigenvalue weighted by molar-refractivity contribution is 5.88. The highest BCUT2D eigenvalue weighted by Gasteiger charge is 2.41. The normalized spacial score (nSPS) is 15.9. The third kappa shape index (κ3) is 4.34. The lowest BCUT2D eigenvalue weighted by Crippen LogP contribution is -2.48. The molecule has 6 heteroatoms. The quantitative estimate of drug-likeness (QED) is 0.819. The van der Waals surface area contributed by atoms with E-state index in [2.05, 4.69) is 5.32 Å². The van der Waals surface area contributed by atoms with E-state index in [9.17, 15) is 14.0 Å². The van der Waals surface area contributed by atoms with Crippen molar-refractivity contribution in [2.24, 2.45) is 0 Å². The summed E-state index contributed by atoms with van der Waals surface area (Å²) in [7, 11) is 0. The summed E-state index contributed by atoms with van der Waals surface area (Å²) in [4.78, 5) is 23.9. The minimum absolute atomic E-state index is 0.0837. The van der Waals surface area contributed by atoms with Crippen molar-refractivity contribution < 1.29 is 23.8 Å². The predicted octanol–water partition coefficient (Wildman–Crippen LogP) is 2.93. The monoisotopic (exact) mass is 371 g/mol. The number of halogens is 1. The van der Waals surface area contributed by atoms with E-state index in [1.54, 1.807) is 36.4 Å². The number of nitrogens with one attached hydrogen (secondary N) is 1. The summed E-state index contributed by atoms with van der Waals surface area (Å²) in [5.41, 5.74) is 1.28. The molecule has 1 fully saturated rings. The number of hydrogen-bond acceptors (Lipinski definition) is 3. The maximum Gasteiger partial charge on any atom is 0.335 e. The van der Waals surface area contributed by atoms with Crippen molar-refractivity contribution in [2.75, 3.05) is 19.8 Å². The number of aromatic carboxylic acids is 1. The van der Waals surface area contributed by atoms with Gasteiger partial charge >= 0.3 is 5.97 Å². The summed E-state index contributed by atoms with van der Waals surface area (Å²) in [6.45, 7) is 1.41. The van der Waals surface area contributed by atoms with Crippen LogP contribution in [0.25, 0.3) is 0 Å². The van der Waals surface area contributed by atoms with Crippen LogP contribution in [0.2, 0.25) is 0 Å². The van der Waals surface area contributed by atoms with Crippen LogP contribution in [0.4, 0.5) is 4.39 Å². The molecule has 1 aliphatic rings. The van der Waals surface area contributed by atoms with Gasteiger partial charge in [-0.15, -0.1) is 0 Å². The lowest BCUT2D eigenvalue weighted by Gasteiger charge is -2.36. The minimum atomic E-state index is -0.962. The summed E-state index contributed by atoms with van der Waals surface area (Å²) in [6, 6.07) is 12.7. The van der Waals surface area contributed by atoms with Gasteiger partial charge in [-0.25, -0.2) is 9.18 Å². The van der Waals surface area contributed by atoms with Crippen molar-refractivity contribution in [3.8, 4) is 0 Å². The summed E-state index contributed by atoms with van der Waals surface area (Å²) in [6.07, 6.45) is 1.71. The van der Waals surface area contributed by atoms with E-state index in [0.29, 0.717) is 39.0 Å². The van der Waals surface area contributed by atoms with Gasteiger partial charge in [0.1, 0.15) is 5.82 Å². The Morgan fingerprint density at radius 3 is 2.26 bits per heavy atom. The van der Waals surface area contributed by atoms with Gasteiger partial charge in [-0.05, 0) is 54.7 Å². The number of hydrogen-bond donors (Lipinski definition) is 2. The molecular formula is C21H22FNO4. The lowest BCUT2D eigenvalue weighted by molar-refractivity contribution is -0.130. The highest BCUT2D eigenvalue weighted by Crippen LogP contribution is 2.35. The molecule has 0 saturated carbocycles. The topological polar surface area (TPSA) is 75.6 Å². The zero-order valence-corrected chi connectivity index (χ0v) is 14.9. The average Bonchev–Trinajstić information content (AvgIpc) is 2.69. The van der Waals surface area contributed by atoms with Gasteiger partial charge in [0.25, 0.3) is 0 Å². The van der Waals surface area contributed by atoms with Gasteiger partial charge in [0, 0.05) is 19.8 Å². The summed E-state index contributed by atoms with van der Waals surface area (Å²) in [5.74, 6) is -1.37. The van der Waals surface area contributed by atoms with Gasteiger partial charge < -0.3 is 15.2 Å². The molecule has 1 amide bonds. The second-order valence-electron chi connectivity index (χ2n) is 6.71. The van der Waals surface area contributed by atoms with Crippen molar-refractivity contribution in [3.63, 3.8) is 0 Å². The number of amides is 1. The molecule has 2 N–H and O–H groups in total.